The van der Waals surface area contributed by atoms with Crippen LogP contribution in [0.5, 0.6) is 0 Å². The van der Waals surface area contributed by atoms with Crippen molar-refractivity contribution in [3.8, 4) is 11.1 Å². The van der Waals surface area contributed by atoms with Crippen LogP contribution in [0.2, 0.25) is 0 Å². The Balaban J connectivity index is 2.48. The monoisotopic (exact) mass is 416 g/mol. The topological polar surface area (TPSA) is 98.5 Å². The Morgan fingerprint density at radius 1 is 1.17 bits per heavy atom. The second kappa shape index (κ2) is 10.1. The molecule has 2 aromatic rings. The highest BCUT2D eigenvalue weighted by atomic mass is 32.2. The van der Waals surface area contributed by atoms with E-state index in [2.05, 4.69) is 5.32 Å². The van der Waals surface area contributed by atoms with Crippen LogP contribution in [0.25, 0.3) is 11.1 Å². The van der Waals surface area contributed by atoms with E-state index in [1.165, 1.54) is 25.3 Å². The largest absolute Gasteiger partial charge is 0.467 e. The number of carbonyl (C=O) groups is 2. The summed E-state index contributed by atoms with van der Waals surface area (Å²) in [5, 5.41) is 14.0. The SMILES string of the molecule is COC(=O)[C@H](CCSC)NC(=O)c1ccc([N+](=O)[O-])cc1-c1cc(C)cc(C)c1. The van der Waals surface area contributed by atoms with Gasteiger partial charge in [0.05, 0.1) is 12.0 Å². The molecule has 154 valence electrons. The molecular formula is C21H24N2O5S. The fourth-order valence-corrected chi connectivity index (χ4v) is 3.55. The third-order valence-corrected chi connectivity index (χ3v) is 5.04. The van der Waals surface area contributed by atoms with Crippen molar-refractivity contribution in [3.05, 3.63) is 63.2 Å². The molecule has 29 heavy (non-hydrogen) atoms. The molecule has 0 spiro atoms. The van der Waals surface area contributed by atoms with Gasteiger partial charge in [0.2, 0.25) is 0 Å². The van der Waals surface area contributed by atoms with Gasteiger partial charge in [0.1, 0.15) is 6.04 Å². The smallest absolute Gasteiger partial charge is 0.328 e. The van der Waals surface area contributed by atoms with Crippen LogP contribution in [0, 0.1) is 24.0 Å². The summed E-state index contributed by atoms with van der Waals surface area (Å²) >= 11 is 1.56. The minimum Gasteiger partial charge on any atom is -0.467 e. The molecule has 0 aromatic heterocycles. The lowest BCUT2D eigenvalue weighted by Crippen LogP contribution is -2.42. The van der Waals surface area contributed by atoms with E-state index in [0.29, 0.717) is 23.3 Å². The van der Waals surface area contributed by atoms with Crippen LogP contribution in [-0.4, -0.2) is 42.0 Å². The van der Waals surface area contributed by atoms with Gasteiger partial charge in [-0.3, -0.25) is 14.9 Å². The van der Waals surface area contributed by atoms with Crippen molar-refractivity contribution in [2.24, 2.45) is 0 Å². The normalized spacial score (nSPS) is 11.6. The van der Waals surface area contributed by atoms with Gasteiger partial charge in [-0.2, -0.15) is 11.8 Å². The maximum Gasteiger partial charge on any atom is 0.328 e. The van der Waals surface area contributed by atoms with Crippen LogP contribution in [0.3, 0.4) is 0 Å². The summed E-state index contributed by atoms with van der Waals surface area (Å²) in [6, 6.07) is 9.03. The third-order valence-electron chi connectivity index (χ3n) is 4.39. The van der Waals surface area contributed by atoms with Gasteiger partial charge in [-0.25, -0.2) is 4.79 Å². The number of hydrogen-bond donors (Lipinski definition) is 1. The quantitative estimate of drug-likeness (QED) is 0.398. The average molecular weight is 416 g/mol. The van der Waals surface area contributed by atoms with E-state index in [9.17, 15) is 19.7 Å². The number of hydrogen-bond acceptors (Lipinski definition) is 6. The summed E-state index contributed by atoms with van der Waals surface area (Å²) in [6.45, 7) is 3.84. The molecule has 1 N–H and O–H groups in total. The number of nitro benzene ring substituents is 1. The number of nitrogens with one attached hydrogen (secondary N) is 1. The van der Waals surface area contributed by atoms with E-state index in [4.69, 9.17) is 4.74 Å². The van der Waals surface area contributed by atoms with Crippen LogP contribution in [0.4, 0.5) is 5.69 Å². The predicted molar refractivity (Wildman–Crippen MR) is 114 cm³/mol. The van der Waals surface area contributed by atoms with Gasteiger partial charge >= 0.3 is 5.97 Å². The van der Waals surface area contributed by atoms with Gasteiger partial charge in [0, 0.05) is 23.3 Å². The summed E-state index contributed by atoms with van der Waals surface area (Å²) in [4.78, 5) is 35.8. The van der Waals surface area contributed by atoms with Gasteiger partial charge in [-0.15, -0.1) is 0 Å². The minimum atomic E-state index is -0.790. The highest BCUT2D eigenvalue weighted by Gasteiger charge is 2.24. The van der Waals surface area contributed by atoms with Crippen molar-refractivity contribution in [2.45, 2.75) is 26.3 Å². The lowest BCUT2D eigenvalue weighted by Gasteiger charge is -2.18. The minimum absolute atomic E-state index is 0.109. The van der Waals surface area contributed by atoms with E-state index in [1.807, 2.05) is 38.3 Å². The molecule has 0 bridgehead atoms. The standard InChI is InChI=1S/C21H24N2O5S/c1-13-9-14(2)11-15(10-13)18-12-16(23(26)27)5-6-17(18)20(24)22-19(7-8-29-4)21(25)28-3/h5-6,9-12,19H,7-8H2,1-4H3,(H,22,24)/t19-/m0/s1. The molecule has 1 atom stereocenters. The van der Waals surface area contributed by atoms with Gasteiger partial charge in [-0.05, 0) is 43.9 Å². The van der Waals surface area contributed by atoms with E-state index < -0.39 is 22.8 Å². The number of thioether (sulfide) groups is 1. The van der Waals surface area contributed by atoms with Gasteiger partial charge < -0.3 is 10.1 Å². The number of benzene rings is 2. The first-order valence-corrected chi connectivity index (χ1v) is 10.4. The highest BCUT2D eigenvalue weighted by molar-refractivity contribution is 7.98. The molecule has 2 aromatic carbocycles. The number of nitrogens with zero attached hydrogens (tertiary/aromatic N) is 1. The average Bonchev–Trinajstić information content (AvgIpc) is 2.69. The van der Waals surface area contributed by atoms with Crippen LogP contribution >= 0.6 is 11.8 Å². The molecule has 0 saturated heterocycles. The second-order valence-electron chi connectivity index (χ2n) is 6.69. The maximum atomic E-state index is 13.0. The molecule has 0 heterocycles. The number of non-ortho nitro benzene ring substituents is 1. The molecule has 0 fully saturated rings. The van der Waals surface area contributed by atoms with Crippen molar-refractivity contribution >= 4 is 29.3 Å². The van der Waals surface area contributed by atoms with Gasteiger partial charge in [0.25, 0.3) is 11.6 Å². The van der Waals surface area contributed by atoms with Crippen molar-refractivity contribution in [2.75, 3.05) is 19.1 Å². The molecule has 0 aliphatic rings. The molecule has 1 amide bonds. The van der Waals surface area contributed by atoms with E-state index in [-0.39, 0.29) is 11.3 Å². The molecule has 0 unspecified atom stereocenters. The molecular weight excluding hydrogens is 392 g/mol. The number of esters is 1. The zero-order valence-corrected chi connectivity index (χ0v) is 17.7. The molecule has 0 radical (unpaired) electrons. The zero-order valence-electron chi connectivity index (χ0n) is 16.9. The number of carbonyl (C=O) groups excluding carboxylic acids is 2. The first-order chi connectivity index (χ1) is 13.8. The molecule has 0 saturated carbocycles. The Labute approximate surface area is 174 Å². The summed E-state index contributed by atoms with van der Waals surface area (Å²) in [7, 11) is 1.27. The highest BCUT2D eigenvalue weighted by Crippen LogP contribution is 2.30. The van der Waals surface area contributed by atoms with E-state index in [0.717, 1.165) is 11.1 Å². The van der Waals surface area contributed by atoms with Crippen LogP contribution in [-0.2, 0) is 9.53 Å². The lowest BCUT2D eigenvalue weighted by atomic mass is 9.95. The molecule has 2 rings (SSSR count). The molecule has 0 aliphatic carbocycles. The molecule has 0 aliphatic heterocycles. The summed E-state index contributed by atoms with van der Waals surface area (Å²) in [6.07, 6.45) is 2.33. The Kier molecular flexibility index (Phi) is 7.78. The number of ether oxygens (including phenoxy) is 1. The Morgan fingerprint density at radius 3 is 2.38 bits per heavy atom. The number of amides is 1. The Bertz CT molecular complexity index is 909. The summed E-state index contributed by atoms with van der Waals surface area (Å²) in [5.74, 6) is -0.336. The summed E-state index contributed by atoms with van der Waals surface area (Å²) < 4.78 is 4.79. The predicted octanol–water partition coefficient (Wildman–Crippen LogP) is 3.90. The second-order valence-corrected chi connectivity index (χ2v) is 7.68. The van der Waals surface area contributed by atoms with Crippen molar-refractivity contribution < 1.29 is 19.2 Å². The number of rotatable bonds is 8. The van der Waals surface area contributed by atoms with Crippen molar-refractivity contribution in [1.29, 1.82) is 0 Å². The lowest BCUT2D eigenvalue weighted by molar-refractivity contribution is -0.384. The van der Waals surface area contributed by atoms with Crippen LogP contribution in [0.1, 0.15) is 27.9 Å². The number of aryl methyl sites for hydroxylation is 2. The van der Waals surface area contributed by atoms with Crippen molar-refractivity contribution in [1.82, 2.24) is 5.32 Å². The van der Waals surface area contributed by atoms with Crippen LogP contribution < -0.4 is 5.32 Å². The third kappa shape index (κ3) is 5.80. The van der Waals surface area contributed by atoms with Crippen LogP contribution in [0.15, 0.2) is 36.4 Å². The fraction of sp³-hybridized carbons (Fsp3) is 0.333. The molecule has 7 nitrogen and oxygen atoms in total. The fourth-order valence-electron chi connectivity index (χ4n) is 3.08. The zero-order chi connectivity index (χ0) is 21.6. The first kappa shape index (κ1) is 22.4. The van der Waals surface area contributed by atoms with Gasteiger partial charge in [-0.1, -0.05) is 29.3 Å². The van der Waals surface area contributed by atoms with E-state index >= 15 is 0 Å². The van der Waals surface area contributed by atoms with Gasteiger partial charge in [0.15, 0.2) is 0 Å². The van der Waals surface area contributed by atoms with Crippen molar-refractivity contribution in [3.63, 3.8) is 0 Å². The maximum absolute atomic E-state index is 13.0. The van der Waals surface area contributed by atoms with E-state index in [1.54, 1.807) is 11.8 Å². The first-order valence-electron chi connectivity index (χ1n) is 9.01. The Hall–Kier alpha value is -2.87. The molecule has 8 heteroatoms. The number of methoxy groups -OCH3 is 1. The number of nitro groups is 1. The summed E-state index contributed by atoms with van der Waals surface area (Å²) in [5.41, 5.74) is 3.25. The Morgan fingerprint density at radius 2 is 1.83 bits per heavy atom.